The molecule has 0 atom stereocenters. The quantitative estimate of drug-likeness (QED) is 0.742. The van der Waals surface area contributed by atoms with Crippen molar-refractivity contribution in [1.82, 2.24) is 10.2 Å². The molecule has 0 saturated carbocycles. The average Bonchev–Trinajstić information content (AvgIpc) is 2.24. The summed E-state index contributed by atoms with van der Waals surface area (Å²) >= 11 is 0. The summed E-state index contributed by atoms with van der Waals surface area (Å²) in [7, 11) is 0. The molecule has 1 aliphatic rings. The maximum atomic E-state index is 12.5. The summed E-state index contributed by atoms with van der Waals surface area (Å²) < 4.78 is 0. The number of benzene rings is 1. The van der Waals surface area contributed by atoms with Crippen molar-refractivity contribution in [2.24, 2.45) is 0 Å². The van der Waals surface area contributed by atoms with Gasteiger partial charge in [0.05, 0.1) is 0 Å². The first-order valence-electron chi connectivity index (χ1n) is 6.11. The largest absolute Gasteiger partial charge is 0.333 e. The van der Waals surface area contributed by atoms with E-state index in [1.54, 1.807) is 0 Å². The van der Waals surface area contributed by atoms with Crippen molar-refractivity contribution < 1.29 is 4.79 Å². The van der Waals surface area contributed by atoms with Gasteiger partial charge in [-0.3, -0.25) is 4.79 Å². The maximum Gasteiger partial charge on any atom is 0.254 e. The van der Waals surface area contributed by atoms with Crippen LogP contribution in [-0.4, -0.2) is 29.4 Å². The van der Waals surface area contributed by atoms with E-state index in [0.29, 0.717) is 0 Å². The van der Waals surface area contributed by atoms with Crippen LogP contribution in [0.15, 0.2) is 24.3 Å². The number of hydrogen-bond acceptors (Lipinski definition) is 2. The Balaban J connectivity index is 2.41. The predicted octanol–water partition coefficient (Wildman–Crippen LogP) is 2.03. The van der Waals surface area contributed by atoms with Crippen LogP contribution < -0.4 is 5.32 Å². The summed E-state index contributed by atoms with van der Waals surface area (Å²) in [6.07, 6.45) is 0. The smallest absolute Gasteiger partial charge is 0.254 e. The zero-order chi connectivity index (χ0) is 12.5. The molecule has 1 aromatic rings. The van der Waals surface area contributed by atoms with E-state index in [4.69, 9.17) is 0 Å². The predicted molar refractivity (Wildman–Crippen MR) is 68.9 cm³/mol. The van der Waals surface area contributed by atoms with Crippen LogP contribution >= 0.6 is 0 Å². The van der Waals surface area contributed by atoms with Gasteiger partial charge in [-0.15, -0.1) is 0 Å². The van der Waals surface area contributed by atoms with E-state index in [0.717, 1.165) is 30.8 Å². The molecular formula is C14H20N2O. The highest BCUT2D eigenvalue weighted by Crippen LogP contribution is 2.20. The monoisotopic (exact) mass is 232 g/mol. The Bertz CT molecular complexity index is 420. The fraction of sp³-hybridized carbons (Fsp3) is 0.500. The van der Waals surface area contributed by atoms with Gasteiger partial charge in [-0.05, 0) is 32.4 Å². The first-order chi connectivity index (χ1) is 8.00. The molecular weight excluding hydrogens is 212 g/mol. The third kappa shape index (κ3) is 2.50. The van der Waals surface area contributed by atoms with Gasteiger partial charge in [0.25, 0.3) is 5.91 Å². The van der Waals surface area contributed by atoms with Crippen molar-refractivity contribution in [2.75, 3.05) is 13.1 Å². The minimum Gasteiger partial charge on any atom is -0.333 e. The fourth-order valence-corrected chi connectivity index (χ4v) is 2.18. The summed E-state index contributed by atoms with van der Waals surface area (Å²) in [5.74, 6) is 0.148. The standard InChI is InChI=1S/C14H20N2O/c1-14(2,3)16-9-8-15-10-11-6-4-5-7-12(11)13(16)17/h4-7,15H,8-10H2,1-3H3. The van der Waals surface area contributed by atoms with Crippen molar-refractivity contribution in [3.63, 3.8) is 0 Å². The molecule has 3 heteroatoms. The zero-order valence-corrected chi connectivity index (χ0v) is 10.8. The van der Waals surface area contributed by atoms with Crippen LogP contribution in [0.4, 0.5) is 0 Å². The molecule has 1 heterocycles. The van der Waals surface area contributed by atoms with Gasteiger partial charge in [0, 0.05) is 30.7 Å². The summed E-state index contributed by atoms with van der Waals surface area (Å²) in [4.78, 5) is 14.5. The van der Waals surface area contributed by atoms with Gasteiger partial charge in [-0.1, -0.05) is 18.2 Å². The first-order valence-corrected chi connectivity index (χ1v) is 6.11. The number of fused-ring (bicyclic) bond motifs is 1. The molecule has 3 nitrogen and oxygen atoms in total. The van der Waals surface area contributed by atoms with Crippen LogP contribution in [0.1, 0.15) is 36.7 Å². The van der Waals surface area contributed by atoms with Crippen LogP contribution in [0, 0.1) is 0 Å². The lowest BCUT2D eigenvalue weighted by atomic mass is 10.00. The lowest BCUT2D eigenvalue weighted by Gasteiger charge is -2.37. The Morgan fingerprint density at radius 3 is 2.65 bits per heavy atom. The Hall–Kier alpha value is -1.35. The Morgan fingerprint density at radius 2 is 1.94 bits per heavy atom. The van der Waals surface area contributed by atoms with Crippen LogP contribution in [0.3, 0.4) is 0 Å². The number of amides is 1. The third-order valence-corrected chi connectivity index (χ3v) is 3.13. The van der Waals surface area contributed by atoms with Crippen LogP contribution in [0.2, 0.25) is 0 Å². The number of carbonyl (C=O) groups excluding carboxylic acids is 1. The van der Waals surface area contributed by atoms with Crippen molar-refractivity contribution in [3.8, 4) is 0 Å². The molecule has 0 aliphatic carbocycles. The summed E-state index contributed by atoms with van der Waals surface area (Å²) in [6, 6.07) is 7.85. The molecule has 1 N–H and O–H groups in total. The average molecular weight is 232 g/mol. The molecule has 1 aliphatic heterocycles. The van der Waals surface area contributed by atoms with E-state index in [1.165, 1.54) is 0 Å². The Labute approximate surface area is 103 Å². The third-order valence-electron chi connectivity index (χ3n) is 3.13. The molecule has 2 rings (SSSR count). The maximum absolute atomic E-state index is 12.5. The van der Waals surface area contributed by atoms with Crippen LogP contribution in [-0.2, 0) is 6.54 Å². The number of nitrogens with zero attached hydrogens (tertiary/aromatic N) is 1. The number of rotatable bonds is 0. The van der Waals surface area contributed by atoms with Gasteiger partial charge < -0.3 is 10.2 Å². The molecule has 92 valence electrons. The van der Waals surface area contributed by atoms with E-state index in [2.05, 4.69) is 26.1 Å². The molecule has 17 heavy (non-hydrogen) atoms. The zero-order valence-electron chi connectivity index (χ0n) is 10.8. The SMILES string of the molecule is CC(C)(C)N1CCNCc2ccccc2C1=O. The number of carbonyl (C=O) groups is 1. The summed E-state index contributed by atoms with van der Waals surface area (Å²) in [5, 5.41) is 3.37. The second-order valence-electron chi connectivity index (χ2n) is 5.46. The summed E-state index contributed by atoms with van der Waals surface area (Å²) in [6.45, 7) is 8.62. The fourth-order valence-electron chi connectivity index (χ4n) is 2.18. The van der Waals surface area contributed by atoms with Crippen molar-refractivity contribution >= 4 is 5.91 Å². The lowest BCUT2D eigenvalue weighted by molar-refractivity contribution is 0.0577. The highest BCUT2D eigenvalue weighted by Gasteiger charge is 2.29. The highest BCUT2D eigenvalue weighted by atomic mass is 16.2. The molecule has 1 aromatic carbocycles. The minimum atomic E-state index is -0.136. The van der Waals surface area contributed by atoms with E-state index >= 15 is 0 Å². The van der Waals surface area contributed by atoms with Gasteiger partial charge in [-0.2, -0.15) is 0 Å². The van der Waals surface area contributed by atoms with Gasteiger partial charge in [0.15, 0.2) is 0 Å². The molecule has 0 radical (unpaired) electrons. The van der Waals surface area contributed by atoms with Crippen LogP contribution in [0.25, 0.3) is 0 Å². The molecule has 0 unspecified atom stereocenters. The highest BCUT2D eigenvalue weighted by molar-refractivity contribution is 5.96. The molecule has 1 amide bonds. The van der Waals surface area contributed by atoms with E-state index in [-0.39, 0.29) is 11.4 Å². The van der Waals surface area contributed by atoms with Crippen molar-refractivity contribution in [1.29, 1.82) is 0 Å². The van der Waals surface area contributed by atoms with Crippen molar-refractivity contribution in [3.05, 3.63) is 35.4 Å². The second-order valence-corrected chi connectivity index (χ2v) is 5.46. The number of hydrogen-bond donors (Lipinski definition) is 1. The van der Waals surface area contributed by atoms with Crippen molar-refractivity contribution in [2.45, 2.75) is 32.9 Å². The van der Waals surface area contributed by atoms with E-state index in [9.17, 15) is 4.79 Å². The molecule has 0 saturated heterocycles. The first kappa shape index (κ1) is 12.1. The topological polar surface area (TPSA) is 32.3 Å². The molecule has 0 aromatic heterocycles. The van der Waals surface area contributed by atoms with Gasteiger partial charge in [0.1, 0.15) is 0 Å². The second kappa shape index (κ2) is 4.49. The van der Waals surface area contributed by atoms with Crippen LogP contribution in [0.5, 0.6) is 0 Å². The number of nitrogens with one attached hydrogen (secondary N) is 1. The minimum absolute atomic E-state index is 0.136. The van der Waals surface area contributed by atoms with Gasteiger partial charge in [0.2, 0.25) is 0 Å². The normalized spacial score (nSPS) is 17.4. The Kier molecular flexibility index (Phi) is 3.20. The Morgan fingerprint density at radius 1 is 1.24 bits per heavy atom. The van der Waals surface area contributed by atoms with E-state index in [1.807, 2.05) is 29.2 Å². The molecule has 0 spiro atoms. The van der Waals surface area contributed by atoms with Gasteiger partial charge in [-0.25, -0.2) is 0 Å². The summed E-state index contributed by atoms with van der Waals surface area (Å²) in [5.41, 5.74) is 1.78. The molecule has 0 fully saturated rings. The lowest BCUT2D eigenvalue weighted by Crippen LogP contribution is -2.49. The molecule has 0 bridgehead atoms. The van der Waals surface area contributed by atoms with Gasteiger partial charge >= 0.3 is 0 Å². The van der Waals surface area contributed by atoms with E-state index < -0.39 is 0 Å².